The number of aryl methyl sites for hydroxylation is 1. The average Bonchev–Trinajstić information content (AvgIpc) is 3.02. The molecule has 1 amide bonds. The van der Waals surface area contributed by atoms with Crippen LogP contribution in [-0.2, 0) is 13.1 Å². The van der Waals surface area contributed by atoms with Gasteiger partial charge in [-0.05, 0) is 43.7 Å². The van der Waals surface area contributed by atoms with Crippen molar-refractivity contribution in [3.8, 4) is 0 Å². The van der Waals surface area contributed by atoms with Gasteiger partial charge in [-0.25, -0.2) is 0 Å². The summed E-state index contributed by atoms with van der Waals surface area (Å²) >= 11 is 6.42. The molecule has 0 bridgehead atoms. The summed E-state index contributed by atoms with van der Waals surface area (Å²) in [4.78, 5) is 23.9. The van der Waals surface area contributed by atoms with Gasteiger partial charge < -0.3 is 15.0 Å². The molecule has 22 heavy (non-hydrogen) atoms. The predicted octanol–water partition coefficient (Wildman–Crippen LogP) is 2.33. The lowest BCUT2D eigenvalue weighted by atomic mass is 10.3. The summed E-state index contributed by atoms with van der Waals surface area (Å²) in [5.41, 5.74) is 0.799. The summed E-state index contributed by atoms with van der Waals surface area (Å²) in [6, 6.07) is 0. The summed E-state index contributed by atoms with van der Waals surface area (Å²) in [5, 5.41) is 20.9. The van der Waals surface area contributed by atoms with Crippen molar-refractivity contribution in [2.75, 3.05) is 7.05 Å². The predicted molar refractivity (Wildman–Crippen MR) is 84.3 cm³/mol. The van der Waals surface area contributed by atoms with E-state index in [1.807, 2.05) is 6.92 Å². The molecule has 0 fully saturated rings. The Morgan fingerprint density at radius 2 is 2.23 bits per heavy atom. The van der Waals surface area contributed by atoms with E-state index in [1.165, 1.54) is 4.90 Å². The van der Waals surface area contributed by atoms with Gasteiger partial charge in [0.05, 0.1) is 22.9 Å². The van der Waals surface area contributed by atoms with Crippen LogP contribution >= 0.6 is 31.9 Å². The van der Waals surface area contributed by atoms with Crippen molar-refractivity contribution in [1.29, 1.82) is 0 Å². The molecule has 0 radical (unpaired) electrons. The third-order valence-electron chi connectivity index (χ3n) is 3.01. The van der Waals surface area contributed by atoms with Crippen LogP contribution in [0, 0.1) is 10.1 Å². The van der Waals surface area contributed by atoms with E-state index in [4.69, 9.17) is 0 Å². The summed E-state index contributed by atoms with van der Waals surface area (Å²) < 4.78 is 2.59. The largest absolute Gasteiger partial charge is 0.358 e. The van der Waals surface area contributed by atoms with Crippen LogP contribution < -0.4 is 0 Å². The number of amides is 1. The number of halogens is 2. The maximum Gasteiger partial charge on any atom is 0.357 e. The fourth-order valence-electron chi connectivity index (χ4n) is 1.88. The summed E-state index contributed by atoms with van der Waals surface area (Å²) in [7, 11) is 1.59. The monoisotopic (exact) mass is 434 g/mol. The SMILES string of the molecule is CCn1ncc(Br)c1CN(C)C(=O)c1n[nH]c([N+](=O)[O-])c1Br. The van der Waals surface area contributed by atoms with E-state index in [-0.39, 0.29) is 16.0 Å². The van der Waals surface area contributed by atoms with Gasteiger partial charge >= 0.3 is 5.82 Å². The summed E-state index contributed by atoms with van der Waals surface area (Å²) in [5.74, 6) is -0.788. The van der Waals surface area contributed by atoms with Crippen molar-refractivity contribution >= 4 is 43.6 Å². The van der Waals surface area contributed by atoms with Crippen LogP contribution in [0.3, 0.4) is 0 Å². The van der Waals surface area contributed by atoms with E-state index < -0.39 is 10.8 Å². The Hall–Kier alpha value is -1.75. The Kier molecular flexibility index (Phi) is 4.96. The van der Waals surface area contributed by atoms with Gasteiger partial charge in [0.1, 0.15) is 4.47 Å². The lowest BCUT2D eigenvalue weighted by Gasteiger charge is -2.16. The van der Waals surface area contributed by atoms with Crippen molar-refractivity contribution in [1.82, 2.24) is 24.9 Å². The number of aromatic nitrogens is 4. The molecule has 0 aliphatic carbocycles. The van der Waals surface area contributed by atoms with Gasteiger partial charge in [-0.1, -0.05) is 5.10 Å². The Bertz CT molecular complexity index is 725. The van der Waals surface area contributed by atoms with Gasteiger partial charge in [-0.2, -0.15) is 5.10 Å². The molecule has 2 rings (SSSR count). The van der Waals surface area contributed by atoms with Gasteiger partial charge in [0.15, 0.2) is 5.69 Å². The highest BCUT2D eigenvalue weighted by Gasteiger charge is 2.27. The molecule has 0 aliphatic rings. The number of carbonyl (C=O) groups is 1. The second kappa shape index (κ2) is 6.57. The molecule has 9 nitrogen and oxygen atoms in total. The normalized spacial score (nSPS) is 10.7. The Morgan fingerprint density at radius 3 is 2.77 bits per heavy atom. The highest BCUT2D eigenvalue weighted by atomic mass is 79.9. The number of rotatable bonds is 5. The first-order valence-electron chi connectivity index (χ1n) is 6.20. The molecule has 0 aliphatic heterocycles. The van der Waals surface area contributed by atoms with Gasteiger partial charge in [0, 0.05) is 13.6 Å². The fourth-order valence-corrected chi connectivity index (χ4v) is 2.79. The molecule has 11 heteroatoms. The zero-order valence-electron chi connectivity index (χ0n) is 11.7. The van der Waals surface area contributed by atoms with Crippen LogP contribution in [-0.4, -0.2) is 42.8 Å². The zero-order chi connectivity index (χ0) is 16.4. The minimum absolute atomic E-state index is 0.0344. The third kappa shape index (κ3) is 3.04. The number of nitrogens with zero attached hydrogens (tertiary/aromatic N) is 5. The zero-order valence-corrected chi connectivity index (χ0v) is 14.9. The maximum atomic E-state index is 12.4. The lowest BCUT2D eigenvalue weighted by molar-refractivity contribution is -0.390. The second-order valence-corrected chi connectivity index (χ2v) is 6.06. The Labute approximate surface area is 142 Å². The first-order chi connectivity index (χ1) is 10.4. The van der Waals surface area contributed by atoms with Crippen LogP contribution in [0.4, 0.5) is 5.82 Å². The Morgan fingerprint density at radius 1 is 1.55 bits per heavy atom. The minimum atomic E-state index is -0.642. The third-order valence-corrected chi connectivity index (χ3v) is 4.42. The molecule has 0 unspecified atom stereocenters. The van der Waals surface area contributed by atoms with Crippen molar-refractivity contribution < 1.29 is 9.72 Å². The van der Waals surface area contributed by atoms with E-state index >= 15 is 0 Å². The lowest BCUT2D eigenvalue weighted by Crippen LogP contribution is -2.28. The number of hydrogen-bond acceptors (Lipinski definition) is 5. The molecule has 2 aromatic rings. The molecule has 0 atom stereocenters. The van der Waals surface area contributed by atoms with Crippen molar-refractivity contribution in [3.63, 3.8) is 0 Å². The number of H-pyrrole nitrogens is 1. The van der Waals surface area contributed by atoms with Crippen LogP contribution in [0.2, 0.25) is 0 Å². The van der Waals surface area contributed by atoms with Crippen LogP contribution in [0.5, 0.6) is 0 Å². The molecule has 1 N–H and O–H groups in total. The number of nitrogens with one attached hydrogen (secondary N) is 1. The highest BCUT2D eigenvalue weighted by Crippen LogP contribution is 2.27. The molecule has 0 saturated heterocycles. The standard InChI is InChI=1S/C11H12Br2N6O3/c1-3-18-7(6(12)4-14-18)5-17(2)11(20)9-8(13)10(16-15-9)19(21)22/h4H,3,5H2,1-2H3,(H,15,16). The number of carbonyl (C=O) groups excluding carboxylic acids is 1. The van der Waals surface area contributed by atoms with Crippen molar-refractivity contribution in [2.24, 2.45) is 0 Å². The van der Waals surface area contributed by atoms with Crippen LogP contribution in [0.25, 0.3) is 0 Å². The van der Waals surface area contributed by atoms with Gasteiger partial charge in [0.25, 0.3) is 5.91 Å². The smallest absolute Gasteiger partial charge is 0.357 e. The highest BCUT2D eigenvalue weighted by molar-refractivity contribution is 9.11. The van der Waals surface area contributed by atoms with Gasteiger partial charge in [0.2, 0.25) is 0 Å². The van der Waals surface area contributed by atoms with Crippen LogP contribution in [0.1, 0.15) is 23.1 Å². The molecular weight excluding hydrogens is 424 g/mol. The van der Waals surface area contributed by atoms with Crippen LogP contribution in [0.15, 0.2) is 15.1 Å². The second-order valence-electron chi connectivity index (χ2n) is 4.41. The fraction of sp³-hybridized carbons (Fsp3) is 0.364. The summed E-state index contributed by atoms with van der Waals surface area (Å²) in [6.07, 6.45) is 1.66. The summed E-state index contributed by atoms with van der Waals surface area (Å²) in [6.45, 7) is 2.90. The van der Waals surface area contributed by atoms with E-state index in [1.54, 1.807) is 17.9 Å². The molecule has 0 saturated carbocycles. The molecule has 2 aromatic heterocycles. The van der Waals surface area contributed by atoms with E-state index in [2.05, 4.69) is 47.2 Å². The molecule has 2 heterocycles. The van der Waals surface area contributed by atoms with E-state index in [0.29, 0.717) is 13.1 Å². The minimum Gasteiger partial charge on any atom is -0.358 e. The van der Waals surface area contributed by atoms with E-state index in [9.17, 15) is 14.9 Å². The molecule has 0 spiro atoms. The van der Waals surface area contributed by atoms with Gasteiger partial charge in [-0.15, -0.1) is 5.10 Å². The first-order valence-corrected chi connectivity index (χ1v) is 7.79. The number of hydrogen-bond donors (Lipinski definition) is 1. The van der Waals surface area contributed by atoms with Crippen molar-refractivity contribution in [3.05, 3.63) is 36.6 Å². The first kappa shape index (κ1) is 16.6. The van der Waals surface area contributed by atoms with Gasteiger partial charge in [-0.3, -0.25) is 9.48 Å². The van der Waals surface area contributed by atoms with Crippen molar-refractivity contribution in [2.45, 2.75) is 20.0 Å². The average molecular weight is 436 g/mol. The quantitative estimate of drug-likeness (QED) is 0.572. The van der Waals surface area contributed by atoms with E-state index in [0.717, 1.165) is 10.2 Å². The number of nitro groups is 1. The molecular formula is C11H12Br2N6O3. The maximum absolute atomic E-state index is 12.4. The topological polar surface area (TPSA) is 110 Å². The molecule has 118 valence electrons. The number of aromatic amines is 1. The molecule has 0 aromatic carbocycles. The Balaban J connectivity index is 2.23.